The SMILES string of the molecule is CC1O[C@@H](O)C[C@@H](N2CCCCC2)C1O. The zero-order valence-electron chi connectivity index (χ0n) is 9.30. The van der Waals surface area contributed by atoms with Crippen LogP contribution in [-0.4, -0.2) is 52.7 Å². The van der Waals surface area contributed by atoms with Gasteiger partial charge in [0.1, 0.15) is 0 Å². The van der Waals surface area contributed by atoms with E-state index in [2.05, 4.69) is 4.90 Å². The Balaban J connectivity index is 1.98. The summed E-state index contributed by atoms with van der Waals surface area (Å²) in [4.78, 5) is 2.30. The number of piperidine rings is 1. The van der Waals surface area contributed by atoms with Crippen molar-refractivity contribution < 1.29 is 14.9 Å². The van der Waals surface area contributed by atoms with Crippen LogP contribution in [0.4, 0.5) is 0 Å². The Bertz CT molecular complexity index is 206. The molecule has 2 heterocycles. The van der Waals surface area contributed by atoms with Crippen molar-refractivity contribution in [3.63, 3.8) is 0 Å². The Kier molecular flexibility index (Phi) is 3.61. The van der Waals surface area contributed by atoms with Crippen LogP contribution in [0.15, 0.2) is 0 Å². The number of hydrogen-bond donors (Lipinski definition) is 2. The molecule has 4 atom stereocenters. The van der Waals surface area contributed by atoms with Crippen molar-refractivity contribution in [2.24, 2.45) is 0 Å². The van der Waals surface area contributed by atoms with Gasteiger partial charge in [0.15, 0.2) is 6.29 Å². The van der Waals surface area contributed by atoms with Gasteiger partial charge in [0.2, 0.25) is 0 Å². The highest BCUT2D eigenvalue weighted by Crippen LogP contribution is 2.25. The molecule has 2 aliphatic heterocycles. The number of nitrogens with zero attached hydrogens (tertiary/aromatic N) is 1. The average molecular weight is 215 g/mol. The summed E-state index contributed by atoms with van der Waals surface area (Å²) >= 11 is 0. The maximum absolute atomic E-state index is 10.0. The third kappa shape index (κ3) is 2.50. The smallest absolute Gasteiger partial charge is 0.156 e. The van der Waals surface area contributed by atoms with E-state index in [0.29, 0.717) is 6.42 Å². The van der Waals surface area contributed by atoms with Gasteiger partial charge in [0.25, 0.3) is 0 Å². The molecule has 88 valence electrons. The first-order chi connectivity index (χ1) is 7.18. The predicted molar refractivity (Wildman–Crippen MR) is 56.4 cm³/mol. The number of hydrogen-bond acceptors (Lipinski definition) is 4. The van der Waals surface area contributed by atoms with Gasteiger partial charge in [-0.05, 0) is 32.9 Å². The maximum atomic E-state index is 10.0. The number of aliphatic hydroxyl groups excluding tert-OH is 2. The topological polar surface area (TPSA) is 52.9 Å². The van der Waals surface area contributed by atoms with Crippen LogP contribution in [0.1, 0.15) is 32.6 Å². The lowest BCUT2D eigenvalue weighted by atomic mass is 9.96. The molecule has 2 unspecified atom stereocenters. The van der Waals surface area contributed by atoms with E-state index in [0.717, 1.165) is 13.1 Å². The van der Waals surface area contributed by atoms with Crippen molar-refractivity contribution in [1.29, 1.82) is 0 Å². The van der Waals surface area contributed by atoms with Crippen molar-refractivity contribution >= 4 is 0 Å². The van der Waals surface area contributed by atoms with Gasteiger partial charge in [0.05, 0.1) is 12.2 Å². The molecule has 0 aliphatic carbocycles. The minimum Gasteiger partial charge on any atom is -0.389 e. The average Bonchev–Trinajstić information content (AvgIpc) is 2.24. The molecule has 0 amide bonds. The highest BCUT2D eigenvalue weighted by atomic mass is 16.6. The van der Waals surface area contributed by atoms with Gasteiger partial charge < -0.3 is 14.9 Å². The van der Waals surface area contributed by atoms with Crippen LogP contribution in [0.5, 0.6) is 0 Å². The fraction of sp³-hybridized carbons (Fsp3) is 1.00. The van der Waals surface area contributed by atoms with Crippen LogP contribution in [0, 0.1) is 0 Å². The second-order valence-corrected chi connectivity index (χ2v) is 4.69. The Morgan fingerprint density at radius 2 is 1.80 bits per heavy atom. The van der Waals surface area contributed by atoms with E-state index in [1.54, 1.807) is 0 Å². The van der Waals surface area contributed by atoms with Crippen molar-refractivity contribution in [2.45, 2.75) is 57.1 Å². The number of rotatable bonds is 1. The molecule has 0 bridgehead atoms. The van der Waals surface area contributed by atoms with Gasteiger partial charge in [-0.25, -0.2) is 0 Å². The second-order valence-electron chi connectivity index (χ2n) is 4.69. The van der Waals surface area contributed by atoms with Crippen LogP contribution < -0.4 is 0 Å². The monoisotopic (exact) mass is 215 g/mol. The van der Waals surface area contributed by atoms with Gasteiger partial charge in [-0.1, -0.05) is 6.42 Å². The van der Waals surface area contributed by atoms with Gasteiger partial charge in [0, 0.05) is 12.5 Å². The fourth-order valence-corrected chi connectivity index (χ4v) is 2.66. The molecule has 2 fully saturated rings. The largest absolute Gasteiger partial charge is 0.389 e. The van der Waals surface area contributed by atoms with E-state index in [1.165, 1.54) is 19.3 Å². The maximum Gasteiger partial charge on any atom is 0.156 e. The molecular weight excluding hydrogens is 194 g/mol. The summed E-state index contributed by atoms with van der Waals surface area (Å²) < 4.78 is 5.20. The molecule has 0 radical (unpaired) electrons. The van der Waals surface area contributed by atoms with Crippen molar-refractivity contribution in [3.05, 3.63) is 0 Å². The van der Waals surface area contributed by atoms with E-state index in [4.69, 9.17) is 4.74 Å². The highest BCUT2D eigenvalue weighted by molar-refractivity contribution is 4.88. The predicted octanol–water partition coefficient (Wildman–Crippen LogP) is 0.329. The van der Waals surface area contributed by atoms with Gasteiger partial charge in [-0.2, -0.15) is 0 Å². The third-order valence-corrected chi connectivity index (χ3v) is 3.55. The number of ether oxygens (including phenoxy) is 1. The molecule has 0 aromatic rings. The first-order valence-corrected chi connectivity index (χ1v) is 5.94. The van der Waals surface area contributed by atoms with Crippen LogP contribution in [-0.2, 0) is 4.74 Å². The lowest BCUT2D eigenvalue weighted by Gasteiger charge is -2.43. The molecule has 0 spiro atoms. The second kappa shape index (κ2) is 4.78. The van der Waals surface area contributed by atoms with Crippen LogP contribution in [0.2, 0.25) is 0 Å². The first kappa shape index (κ1) is 11.3. The number of likely N-dealkylation sites (tertiary alicyclic amines) is 1. The van der Waals surface area contributed by atoms with Crippen molar-refractivity contribution in [3.8, 4) is 0 Å². The standard InChI is InChI=1S/C11H21NO3/c1-8-11(14)9(7-10(13)15-8)12-5-3-2-4-6-12/h8-11,13-14H,2-7H2,1H3/t8?,9-,10-,11?/m1/s1. The molecule has 0 aromatic carbocycles. The molecule has 15 heavy (non-hydrogen) atoms. The lowest BCUT2D eigenvalue weighted by molar-refractivity contribution is -0.217. The normalized spacial score (nSPS) is 44.2. The summed E-state index contributed by atoms with van der Waals surface area (Å²) in [5.74, 6) is 0. The Morgan fingerprint density at radius 3 is 2.47 bits per heavy atom. The molecule has 4 heteroatoms. The van der Waals surface area contributed by atoms with Crippen molar-refractivity contribution in [1.82, 2.24) is 4.90 Å². The van der Waals surface area contributed by atoms with E-state index in [-0.39, 0.29) is 12.1 Å². The molecular formula is C11H21NO3. The number of aliphatic hydroxyl groups is 2. The summed E-state index contributed by atoms with van der Waals surface area (Å²) in [5.41, 5.74) is 0. The molecule has 2 rings (SSSR count). The van der Waals surface area contributed by atoms with E-state index >= 15 is 0 Å². The molecule has 2 N–H and O–H groups in total. The molecule has 0 aromatic heterocycles. The summed E-state index contributed by atoms with van der Waals surface area (Å²) in [6, 6.07) is 0.0732. The Morgan fingerprint density at radius 1 is 1.13 bits per heavy atom. The summed E-state index contributed by atoms with van der Waals surface area (Å²) in [5, 5.41) is 19.6. The van der Waals surface area contributed by atoms with Gasteiger partial charge in [-0.3, -0.25) is 4.90 Å². The minimum absolute atomic E-state index is 0.0732. The van der Waals surface area contributed by atoms with E-state index in [9.17, 15) is 10.2 Å². The summed E-state index contributed by atoms with van der Waals surface area (Å²) in [6.07, 6.45) is 2.78. The molecule has 4 nitrogen and oxygen atoms in total. The lowest BCUT2D eigenvalue weighted by Crippen LogP contribution is -2.55. The fourth-order valence-electron chi connectivity index (χ4n) is 2.66. The Hall–Kier alpha value is -0.160. The van der Waals surface area contributed by atoms with Crippen LogP contribution in [0.3, 0.4) is 0 Å². The molecule has 0 saturated carbocycles. The molecule has 2 saturated heterocycles. The third-order valence-electron chi connectivity index (χ3n) is 3.55. The zero-order valence-corrected chi connectivity index (χ0v) is 9.30. The molecule has 2 aliphatic rings. The summed E-state index contributed by atoms with van der Waals surface area (Å²) in [7, 11) is 0. The highest BCUT2D eigenvalue weighted by Gasteiger charge is 2.37. The van der Waals surface area contributed by atoms with Crippen molar-refractivity contribution in [2.75, 3.05) is 13.1 Å². The van der Waals surface area contributed by atoms with Crippen LogP contribution in [0.25, 0.3) is 0 Å². The first-order valence-electron chi connectivity index (χ1n) is 5.94. The summed E-state index contributed by atoms with van der Waals surface area (Å²) in [6.45, 7) is 3.91. The minimum atomic E-state index is -0.713. The quantitative estimate of drug-likeness (QED) is 0.662. The Labute approximate surface area is 90.8 Å². The van der Waals surface area contributed by atoms with Gasteiger partial charge >= 0.3 is 0 Å². The van der Waals surface area contributed by atoms with Gasteiger partial charge in [-0.15, -0.1) is 0 Å². The van der Waals surface area contributed by atoms with E-state index < -0.39 is 12.4 Å². The van der Waals surface area contributed by atoms with Crippen LogP contribution >= 0.6 is 0 Å². The van der Waals surface area contributed by atoms with E-state index in [1.807, 2.05) is 6.92 Å². The zero-order chi connectivity index (χ0) is 10.8.